The average molecular weight is 273 g/mol. The van der Waals surface area contributed by atoms with Crippen LogP contribution in [0.25, 0.3) is 0 Å². The van der Waals surface area contributed by atoms with Crippen molar-refractivity contribution in [2.75, 3.05) is 0 Å². The maximum absolute atomic E-state index is 13.6. The lowest BCUT2D eigenvalue weighted by Crippen LogP contribution is -2.00. The monoisotopic (exact) mass is 272 g/mol. The van der Waals surface area contributed by atoms with Crippen molar-refractivity contribution in [3.63, 3.8) is 0 Å². The molecule has 6 heteroatoms. The fourth-order valence-corrected chi connectivity index (χ4v) is 1.68. The van der Waals surface area contributed by atoms with Gasteiger partial charge in [0, 0.05) is 24.7 Å². The molecule has 0 saturated carbocycles. The van der Waals surface area contributed by atoms with Crippen LogP contribution >= 0.6 is 11.6 Å². The summed E-state index contributed by atoms with van der Waals surface area (Å²) in [4.78, 5) is 0. The van der Waals surface area contributed by atoms with Crippen molar-refractivity contribution in [2.45, 2.75) is 12.5 Å². The third kappa shape index (κ3) is 2.79. The zero-order valence-corrected chi connectivity index (χ0v) is 10.4. The smallest absolute Gasteiger partial charge is 0.191 e. The van der Waals surface area contributed by atoms with Gasteiger partial charge in [-0.2, -0.15) is 5.10 Å². The second-order valence-electron chi connectivity index (χ2n) is 3.83. The minimum absolute atomic E-state index is 0.0523. The molecule has 3 nitrogen and oxygen atoms in total. The lowest BCUT2D eigenvalue weighted by molar-refractivity contribution is 0.274. The van der Waals surface area contributed by atoms with E-state index in [1.807, 2.05) is 0 Å². The van der Waals surface area contributed by atoms with Gasteiger partial charge in [0.05, 0.1) is 6.20 Å². The first kappa shape index (κ1) is 12.8. The summed E-state index contributed by atoms with van der Waals surface area (Å²) < 4.78 is 33.8. The lowest BCUT2D eigenvalue weighted by Gasteiger charge is -2.08. The molecule has 0 atom stereocenters. The zero-order valence-electron chi connectivity index (χ0n) is 9.66. The summed E-state index contributed by atoms with van der Waals surface area (Å²) in [5.74, 6) is -1.85. The molecular weight excluding hydrogens is 262 g/mol. The molecule has 0 fully saturated rings. The van der Waals surface area contributed by atoms with Crippen LogP contribution in [0.1, 0.15) is 11.1 Å². The number of rotatable bonds is 4. The Labute approximate surface area is 108 Å². The molecule has 0 aliphatic heterocycles. The van der Waals surface area contributed by atoms with E-state index in [1.165, 1.54) is 0 Å². The van der Waals surface area contributed by atoms with Crippen LogP contribution in [0.4, 0.5) is 8.78 Å². The van der Waals surface area contributed by atoms with Crippen LogP contribution in [0, 0.1) is 11.6 Å². The van der Waals surface area contributed by atoms with E-state index in [-0.39, 0.29) is 12.5 Å². The molecule has 0 unspecified atom stereocenters. The molecule has 2 rings (SSSR count). The first-order chi connectivity index (χ1) is 8.60. The summed E-state index contributed by atoms with van der Waals surface area (Å²) in [6, 6.07) is 2.32. The van der Waals surface area contributed by atoms with Gasteiger partial charge in [-0.3, -0.25) is 4.68 Å². The predicted octanol–water partition coefficient (Wildman–Crippen LogP) is 3.02. The van der Waals surface area contributed by atoms with Crippen molar-refractivity contribution >= 4 is 11.6 Å². The van der Waals surface area contributed by atoms with Crippen molar-refractivity contribution < 1.29 is 13.5 Å². The molecule has 2 aromatic rings. The first-order valence-electron chi connectivity index (χ1n) is 5.24. The van der Waals surface area contributed by atoms with Crippen LogP contribution in [0.5, 0.6) is 5.75 Å². The van der Waals surface area contributed by atoms with Gasteiger partial charge in [-0.1, -0.05) is 0 Å². The molecule has 1 aromatic carbocycles. The normalized spacial score (nSPS) is 10.7. The van der Waals surface area contributed by atoms with E-state index in [4.69, 9.17) is 16.3 Å². The molecule has 1 aromatic heterocycles. The molecule has 0 saturated heterocycles. The molecule has 1 heterocycles. The number of ether oxygens (including phenoxy) is 1. The van der Waals surface area contributed by atoms with Crippen molar-refractivity contribution in [3.8, 4) is 5.75 Å². The Morgan fingerprint density at radius 2 is 1.94 bits per heavy atom. The predicted molar refractivity (Wildman–Crippen MR) is 63.5 cm³/mol. The van der Waals surface area contributed by atoms with Crippen molar-refractivity contribution in [2.24, 2.45) is 7.05 Å². The SMILES string of the molecule is Cn1cc(COc2c(F)cc(CCl)cc2F)cn1. The third-order valence-corrected chi connectivity index (χ3v) is 2.66. The zero-order chi connectivity index (χ0) is 13.1. The second-order valence-corrected chi connectivity index (χ2v) is 4.10. The molecule has 96 valence electrons. The first-order valence-corrected chi connectivity index (χ1v) is 5.78. The van der Waals surface area contributed by atoms with Crippen molar-refractivity contribution in [1.82, 2.24) is 9.78 Å². The van der Waals surface area contributed by atoms with Gasteiger partial charge >= 0.3 is 0 Å². The Hall–Kier alpha value is -1.62. The van der Waals surface area contributed by atoms with Gasteiger partial charge < -0.3 is 4.74 Å². The highest BCUT2D eigenvalue weighted by atomic mass is 35.5. The standard InChI is InChI=1S/C12H11ClF2N2O/c1-17-6-9(5-16-17)7-18-12-10(14)2-8(4-13)3-11(12)15/h2-3,5-6H,4,7H2,1H3. The van der Waals surface area contributed by atoms with E-state index < -0.39 is 17.4 Å². The van der Waals surface area contributed by atoms with Gasteiger partial charge in [0.1, 0.15) is 6.61 Å². The van der Waals surface area contributed by atoms with Crippen LogP contribution < -0.4 is 4.74 Å². The Morgan fingerprint density at radius 3 is 2.44 bits per heavy atom. The number of nitrogens with zero attached hydrogens (tertiary/aromatic N) is 2. The Balaban J connectivity index is 2.14. The molecule has 0 aliphatic carbocycles. The van der Waals surface area contributed by atoms with Gasteiger partial charge in [0.2, 0.25) is 0 Å². The summed E-state index contributed by atoms with van der Waals surface area (Å²) >= 11 is 5.51. The van der Waals surface area contributed by atoms with Crippen LogP contribution in [0.15, 0.2) is 24.5 Å². The molecule has 0 radical (unpaired) electrons. The van der Waals surface area contributed by atoms with Gasteiger partial charge in [-0.15, -0.1) is 11.6 Å². The lowest BCUT2D eigenvalue weighted by atomic mass is 10.2. The summed E-state index contributed by atoms with van der Waals surface area (Å²) in [5, 5.41) is 3.93. The number of aryl methyl sites for hydroxylation is 1. The van der Waals surface area contributed by atoms with E-state index in [2.05, 4.69) is 5.10 Å². The maximum atomic E-state index is 13.6. The van der Waals surface area contributed by atoms with Gasteiger partial charge in [-0.25, -0.2) is 8.78 Å². The molecule has 0 spiro atoms. The summed E-state index contributed by atoms with van der Waals surface area (Å²) in [6.07, 6.45) is 3.28. The molecule has 0 aliphatic rings. The fourth-order valence-electron chi connectivity index (χ4n) is 1.53. The summed E-state index contributed by atoms with van der Waals surface area (Å²) in [6.45, 7) is 0.0574. The van der Waals surface area contributed by atoms with Crippen molar-refractivity contribution in [3.05, 3.63) is 47.3 Å². The van der Waals surface area contributed by atoms with Crippen LogP contribution in [-0.2, 0) is 19.5 Å². The van der Waals surface area contributed by atoms with Crippen LogP contribution in [-0.4, -0.2) is 9.78 Å². The van der Waals surface area contributed by atoms with E-state index >= 15 is 0 Å². The Bertz CT molecular complexity index is 534. The minimum atomic E-state index is -0.755. The van der Waals surface area contributed by atoms with Gasteiger partial charge in [-0.05, 0) is 17.7 Å². The largest absolute Gasteiger partial charge is 0.483 e. The topological polar surface area (TPSA) is 27.1 Å². The van der Waals surface area contributed by atoms with E-state index in [1.54, 1.807) is 24.1 Å². The fraction of sp³-hybridized carbons (Fsp3) is 0.250. The Morgan fingerprint density at radius 1 is 1.28 bits per heavy atom. The summed E-state index contributed by atoms with van der Waals surface area (Å²) in [5.41, 5.74) is 1.11. The quantitative estimate of drug-likeness (QED) is 0.800. The number of halogens is 3. The second kappa shape index (κ2) is 5.35. The number of aromatic nitrogens is 2. The molecule has 0 amide bonds. The van der Waals surface area contributed by atoms with Crippen LogP contribution in [0.2, 0.25) is 0 Å². The Kier molecular flexibility index (Phi) is 3.81. The highest BCUT2D eigenvalue weighted by Gasteiger charge is 2.12. The van der Waals surface area contributed by atoms with Gasteiger partial charge in [0.25, 0.3) is 0 Å². The third-order valence-electron chi connectivity index (χ3n) is 2.35. The highest BCUT2D eigenvalue weighted by Crippen LogP contribution is 2.24. The number of hydrogen-bond acceptors (Lipinski definition) is 2. The van der Waals surface area contributed by atoms with Crippen LogP contribution in [0.3, 0.4) is 0 Å². The average Bonchev–Trinajstić information content (AvgIpc) is 2.73. The summed E-state index contributed by atoms with van der Waals surface area (Å²) in [7, 11) is 1.75. The van der Waals surface area contributed by atoms with Gasteiger partial charge in [0.15, 0.2) is 17.4 Å². The minimum Gasteiger partial charge on any atom is -0.483 e. The maximum Gasteiger partial charge on any atom is 0.191 e. The number of alkyl halides is 1. The molecule has 18 heavy (non-hydrogen) atoms. The number of benzene rings is 1. The van der Waals surface area contributed by atoms with Crippen molar-refractivity contribution in [1.29, 1.82) is 0 Å². The van der Waals surface area contributed by atoms with E-state index in [0.717, 1.165) is 17.7 Å². The molecule has 0 bridgehead atoms. The number of hydrogen-bond donors (Lipinski definition) is 0. The molecule has 0 N–H and O–H groups in total. The van der Waals surface area contributed by atoms with E-state index in [9.17, 15) is 8.78 Å². The molecular formula is C12H11ClF2N2O. The van der Waals surface area contributed by atoms with E-state index in [0.29, 0.717) is 5.56 Å². The highest BCUT2D eigenvalue weighted by molar-refractivity contribution is 6.17.